The van der Waals surface area contributed by atoms with Crippen LogP contribution in [0.15, 0.2) is 24.1 Å². The molecule has 2 N–H and O–H groups in total. The van der Waals surface area contributed by atoms with Crippen molar-refractivity contribution >= 4 is 23.7 Å². The SMILES string of the molecule is C=CCn1cnnc1SC(C)C(=O)NC(=O)NC1CC1. The summed E-state index contributed by atoms with van der Waals surface area (Å²) in [5.41, 5.74) is 0. The normalized spacial score (nSPS) is 15.4. The van der Waals surface area contributed by atoms with Crippen LogP contribution >= 0.6 is 11.8 Å². The van der Waals surface area contributed by atoms with Gasteiger partial charge in [0, 0.05) is 12.6 Å². The number of carbonyl (C=O) groups excluding carboxylic acids is 2. The van der Waals surface area contributed by atoms with E-state index >= 15 is 0 Å². The second kappa shape index (κ2) is 6.56. The van der Waals surface area contributed by atoms with Gasteiger partial charge in [0.15, 0.2) is 5.16 Å². The molecule has 0 saturated heterocycles. The van der Waals surface area contributed by atoms with Gasteiger partial charge in [0.1, 0.15) is 6.33 Å². The zero-order valence-electron chi connectivity index (χ0n) is 11.2. The van der Waals surface area contributed by atoms with Crippen LogP contribution in [0, 0.1) is 0 Å². The number of thioether (sulfide) groups is 1. The first-order chi connectivity index (χ1) is 9.60. The maximum atomic E-state index is 11.9. The number of nitrogens with zero attached hydrogens (tertiary/aromatic N) is 3. The molecule has 20 heavy (non-hydrogen) atoms. The van der Waals surface area contributed by atoms with Gasteiger partial charge in [-0.3, -0.25) is 10.1 Å². The highest BCUT2D eigenvalue weighted by Gasteiger charge is 2.25. The number of nitrogens with one attached hydrogen (secondary N) is 2. The van der Waals surface area contributed by atoms with E-state index in [1.54, 1.807) is 23.9 Å². The fourth-order valence-corrected chi connectivity index (χ4v) is 2.31. The fraction of sp³-hybridized carbons (Fsp3) is 0.500. The summed E-state index contributed by atoms with van der Waals surface area (Å²) < 4.78 is 1.78. The van der Waals surface area contributed by atoms with Crippen molar-refractivity contribution in [3.8, 4) is 0 Å². The van der Waals surface area contributed by atoms with Gasteiger partial charge in [0.2, 0.25) is 5.91 Å². The third-order valence-corrected chi connectivity index (χ3v) is 3.80. The van der Waals surface area contributed by atoms with Crippen LogP contribution in [0.25, 0.3) is 0 Å². The van der Waals surface area contributed by atoms with Crippen LogP contribution in [-0.4, -0.2) is 38.0 Å². The van der Waals surface area contributed by atoms with Crippen LogP contribution in [0.4, 0.5) is 4.79 Å². The van der Waals surface area contributed by atoms with E-state index in [2.05, 4.69) is 27.4 Å². The van der Waals surface area contributed by atoms with Gasteiger partial charge in [-0.05, 0) is 19.8 Å². The van der Waals surface area contributed by atoms with Gasteiger partial charge in [0.05, 0.1) is 5.25 Å². The molecule has 3 amide bonds. The number of carbonyl (C=O) groups is 2. The van der Waals surface area contributed by atoms with Gasteiger partial charge in [-0.1, -0.05) is 17.8 Å². The molecule has 1 atom stereocenters. The lowest BCUT2D eigenvalue weighted by Gasteiger charge is -2.11. The summed E-state index contributed by atoms with van der Waals surface area (Å²) in [5, 5.41) is 13.0. The van der Waals surface area contributed by atoms with Gasteiger partial charge < -0.3 is 9.88 Å². The number of allylic oxidation sites excluding steroid dienone is 1. The van der Waals surface area contributed by atoms with Gasteiger partial charge in [-0.15, -0.1) is 16.8 Å². The molecule has 1 heterocycles. The summed E-state index contributed by atoms with van der Waals surface area (Å²) in [6.07, 6.45) is 5.27. The van der Waals surface area contributed by atoms with Gasteiger partial charge >= 0.3 is 6.03 Å². The first-order valence-electron chi connectivity index (χ1n) is 6.37. The average molecular weight is 295 g/mol. The van der Waals surface area contributed by atoms with Crippen LogP contribution in [0.5, 0.6) is 0 Å². The zero-order chi connectivity index (χ0) is 14.5. The van der Waals surface area contributed by atoms with Crippen molar-refractivity contribution in [1.82, 2.24) is 25.4 Å². The van der Waals surface area contributed by atoms with E-state index in [1.165, 1.54) is 11.8 Å². The molecule has 0 spiro atoms. The second-order valence-electron chi connectivity index (χ2n) is 4.55. The van der Waals surface area contributed by atoms with E-state index in [-0.39, 0.29) is 11.9 Å². The Balaban J connectivity index is 1.84. The largest absolute Gasteiger partial charge is 0.335 e. The first-order valence-corrected chi connectivity index (χ1v) is 7.25. The minimum atomic E-state index is -0.437. The summed E-state index contributed by atoms with van der Waals surface area (Å²) >= 11 is 1.25. The Kier molecular flexibility index (Phi) is 4.78. The van der Waals surface area contributed by atoms with E-state index in [1.807, 2.05) is 0 Å². The number of hydrogen-bond acceptors (Lipinski definition) is 5. The highest BCUT2D eigenvalue weighted by atomic mass is 32.2. The molecule has 108 valence electrons. The van der Waals surface area contributed by atoms with Crippen molar-refractivity contribution in [3.05, 3.63) is 19.0 Å². The Bertz CT molecular complexity index is 512. The number of amides is 3. The molecular formula is C12H17N5O2S. The van der Waals surface area contributed by atoms with Gasteiger partial charge in [0.25, 0.3) is 0 Å². The molecule has 1 fully saturated rings. The van der Waals surface area contributed by atoms with Crippen molar-refractivity contribution in [1.29, 1.82) is 0 Å². The molecule has 1 aliphatic carbocycles. The second-order valence-corrected chi connectivity index (χ2v) is 5.86. The quantitative estimate of drug-likeness (QED) is 0.602. The van der Waals surface area contributed by atoms with Crippen molar-refractivity contribution in [3.63, 3.8) is 0 Å². The predicted octanol–water partition coefficient (Wildman–Crippen LogP) is 0.933. The summed E-state index contributed by atoms with van der Waals surface area (Å²) in [6.45, 7) is 5.94. The number of aromatic nitrogens is 3. The molecule has 1 saturated carbocycles. The Morgan fingerprint density at radius 3 is 3.05 bits per heavy atom. The van der Waals surface area contributed by atoms with Crippen LogP contribution in [0.3, 0.4) is 0 Å². The molecule has 0 aromatic carbocycles. The molecule has 8 heteroatoms. The Hall–Kier alpha value is -1.83. The Morgan fingerprint density at radius 1 is 1.65 bits per heavy atom. The molecule has 0 aliphatic heterocycles. The summed E-state index contributed by atoms with van der Waals surface area (Å²) in [7, 11) is 0. The maximum Gasteiger partial charge on any atom is 0.321 e. The molecule has 0 bridgehead atoms. The monoisotopic (exact) mass is 295 g/mol. The van der Waals surface area contributed by atoms with Gasteiger partial charge in [-0.2, -0.15) is 0 Å². The number of rotatable bonds is 6. The molecule has 1 aliphatic rings. The van der Waals surface area contributed by atoms with Crippen LogP contribution in [-0.2, 0) is 11.3 Å². The maximum absolute atomic E-state index is 11.9. The zero-order valence-corrected chi connectivity index (χ0v) is 12.0. The standard InChI is InChI=1S/C12H17N5O2S/c1-3-6-17-7-13-16-12(17)20-8(2)10(18)15-11(19)14-9-4-5-9/h3,7-9H,1,4-6H2,2H3,(H2,14,15,18,19). The van der Waals surface area contributed by atoms with Crippen LogP contribution in [0.2, 0.25) is 0 Å². The summed E-state index contributed by atoms with van der Waals surface area (Å²) in [6, 6.07) is -0.209. The summed E-state index contributed by atoms with van der Waals surface area (Å²) in [4.78, 5) is 23.4. The number of urea groups is 1. The predicted molar refractivity (Wildman–Crippen MR) is 75.2 cm³/mol. The fourth-order valence-electron chi connectivity index (χ4n) is 1.47. The minimum absolute atomic E-state index is 0.224. The van der Waals surface area contributed by atoms with Crippen molar-refractivity contribution < 1.29 is 9.59 Å². The van der Waals surface area contributed by atoms with Crippen LogP contribution in [0.1, 0.15) is 19.8 Å². The lowest BCUT2D eigenvalue weighted by molar-refractivity contribution is -0.119. The van der Waals surface area contributed by atoms with E-state index in [9.17, 15) is 9.59 Å². The van der Waals surface area contributed by atoms with Crippen molar-refractivity contribution in [2.24, 2.45) is 0 Å². The smallest absolute Gasteiger partial charge is 0.321 e. The lowest BCUT2D eigenvalue weighted by atomic mass is 10.4. The third-order valence-electron chi connectivity index (χ3n) is 2.71. The summed E-state index contributed by atoms with van der Waals surface area (Å²) in [5.74, 6) is -0.346. The lowest BCUT2D eigenvalue weighted by Crippen LogP contribution is -2.43. The molecule has 7 nitrogen and oxygen atoms in total. The molecule has 0 radical (unpaired) electrons. The molecule has 1 unspecified atom stereocenters. The average Bonchev–Trinajstić information content (AvgIpc) is 3.10. The third kappa shape index (κ3) is 4.09. The van der Waals surface area contributed by atoms with Crippen molar-refractivity contribution in [2.75, 3.05) is 0 Å². The first kappa shape index (κ1) is 14.6. The Labute approximate surface area is 121 Å². The topological polar surface area (TPSA) is 88.9 Å². The highest BCUT2D eigenvalue weighted by molar-refractivity contribution is 8.00. The molecule has 2 rings (SSSR count). The molecule has 1 aromatic heterocycles. The number of hydrogen-bond donors (Lipinski definition) is 2. The highest BCUT2D eigenvalue weighted by Crippen LogP contribution is 2.21. The molecule has 1 aromatic rings. The minimum Gasteiger partial charge on any atom is -0.335 e. The van der Waals surface area contributed by atoms with Gasteiger partial charge in [-0.25, -0.2) is 4.79 Å². The Morgan fingerprint density at radius 2 is 2.40 bits per heavy atom. The van der Waals surface area contributed by atoms with Crippen LogP contribution < -0.4 is 10.6 Å². The van der Waals surface area contributed by atoms with E-state index < -0.39 is 11.3 Å². The molecular weight excluding hydrogens is 278 g/mol. The van der Waals surface area contributed by atoms with Crippen molar-refractivity contribution in [2.45, 2.75) is 42.8 Å². The number of imide groups is 1. The van der Waals surface area contributed by atoms with E-state index in [4.69, 9.17) is 0 Å². The van der Waals surface area contributed by atoms with E-state index in [0.717, 1.165) is 12.8 Å². The van der Waals surface area contributed by atoms with E-state index in [0.29, 0.717) is 11.7 Å².